The molecule has 0 saturated carbocycles. The fourth-order valence-corrected chi connectivity index (χ4v) is 5.32. The molecule has 0 spiro atoms. The van der Waals surface area contributed by atoms with Gasteiger partial charge in [0, 0.05) is 33.3 Å². The van der Waals surface area contributed by atoms with Gasteiger partial charge >= 0.3 is 0 Å². The first-order valence-corrected chi connectivity index (χ1v) is 9.73. The Kier molecular flexibility index (Phi) is 4.33. The smallest absolute Gasteiger partial charge is 0.136 e. The Morgan fingerprint density at radius 3 is 2.88 bits per heavy atom. The third kappa shape index (κ3) is 2.66. The number of thioether (sulfide) groups is 1. The Morgan fingerprint density at radius 1 is 1.29 bits per heavy atom. The first-order chi connectivity index (χ1) is 11.6. The van der Waals surface area contributed by atoms with Crippen LogP contribution in [-0.4, -0.2) is 35.1 Å². The Labute approximate surface area is 152 Å². The summed E-state index contributed by atoms with van der Waals surface area (Å²) in [5, 5.41) is 12.7. The van der Waals surface area contributed by atoms with Gasteiger partial charge in [-0.1, -0.05) is 23.7 Å². The minimum Gasteiger partial charge on any atom is -0.378 e. The molecule has 5 heteroatoms. The summed E-state index contributed by atoms with van der Waals surface area (Å²) in [4.78, 5) is 8.04. The number of rotatable bonds is 1. The highest BCUT2D eigenvalue weighted by Gasteiger charge is 2.46. The second-order valence-corrected chi connectivity index (χ2v) is 8.24. The van der Waals surface area contributed by atoms with Crippen molar-refractivity contribution in [2.24, 2.45) is 5.92 Å². The number of benzene rings is 1. The van der Waals surface area contributed by atoms with Crippen LogP contribution in [0.1, 0.15) is 29.7 Å². The van der Waals surface area contributed by atoms with Gasteiger partial charge in [-0.2, -0.15) is 0 Å². The van der Waals surface area contributed by atoms with Gasteiger partial charge in [0.2, 0.25) is 0 Å². The number of nitrogens with zero attached hydrogens (tertiary/aromatic N) is 2. The van der Waals surface area contributed by atoms with Gasteiger partial charge in [0.1, 0.15) is 5.60 Å². The molecule has 1 aromatic carbocycles. The molecule has 4 rings (SSSR count). The summed E-state index contributed by atoms with van der Waals surface area (Å²) in [5.74, 6) is 0.979. The minimum atomic E-state index is -1.04. The summed E-state index contributed by atoms with van der Waals surface area (Å²) in [6, 6.07) is 9.90. The van der Waals surface area contributed by atoms with Crippen LogP contribution in [-0.2, 0) is 11.4 Å². The summed E-state index contributed by atoms with van der Waals surface area (Å²) in [6.07, 6.45) is 3.73. The fourth-order valence-electron chi connectivity index (χ4n) is 3.95. The lowest BCUT2D eigenvalue weighted by Crippen LogP contribution is -2.44. The molecule has 0 aliphatic carbocycles. The van der Waals surface area contributed by atoms with Crippen molar-refractivity contribution in [3.05, 3.63) is 58.4 Å². The third-order valence-electron chi connectivity index (χ3n) is 5.30. The number of hydrogen-bond acceptors (Lipinski definition) is 4. The first kappa shape index (κ1) is 16.4. The molecule has 2 aliphatic rings. The van der Waals surface area contributed by atoms with Gasteiger partial charge in [0.05, 0.1) is 5.69 Å². The van der Waals surface area contributed by atoms with Crippen LogP contribution in [0, 0.1) is 5.92 Å². The molecule has 2 aliphatic heterocycles. The van der Waals surface area contributed by atoms with Gasteiger partial charge in [-0.15, -0.1) is 11.8 Å². The van der Waals surface area contributed by atoms with E-state index in [1.165, 1.54) is 0 Å². The molecule has 1 aromatic heterocycles. The van der Waals surface area contributed by atoms with Crippen molar-refractivity contribution in [2.45, 2.75) is 29.1 Å². The van der Waals surface area contributed by atoms with Crippen LogP contribution in [0.4, 0.5) is 0 Å². The average molecular weight is 361 g/mol. The van der Waals surface area contributed by atoms with E-state index in [9.17, 15) is 5.11 Å². The van der Waals surface area contributed by atoms with E-state index in [1.54, 1.807) is 18.0 Å². The second kappa shape index (κ2) is 6.34. The van der Waals surface area contributed by atoms with Crippen LogP contribution in [0.15, 0.2) is 41.4 Å². The van der Waals surface area contributed by atoms with Crippen molar-refractivity contribution in [1.29, 1.82) is 0 Å². The van der Waals surface area contributed by atoms with E-state index in [1.807, 2.05) is 24.3 Å². The predicted molar refractivity (Wildman–Crippen MR) is 98.5 cm³/mol. The standard InChI is InChI=1S/C19H21ClN2OS/c1-22-9-6-14(7-10-22)19(23)16-5-4-15(20)11-17(16)24-12-13-3-2-8-21-18(13)19/h2-5,8,11,14,23H,6-7,9-10,12H2,1H3. The molecule has 3 heterocycles. The fraction of sp³-hybridized carbons (Fsp3) is 0.421. The average Bonchev–Trinajstić information content (AvgIpc) is 2.71. The van der Waals surface area contributed by atoms with Crippen molar-refractivity contribution < 1.29 is 5.11 Å². The molecular weight excluding hydrogens is 340 g/mol. The van der Waals surface area contributed by atoms with Crippen molar-refractivity contribution in [2.75, 3.05) is 20.1 Å². The summed E-state index contributed by atoms with van der Waals surface area (Å²) in [5.41, 5.74) is 1.87. The number of hydrogen-bond donors (Lipinski definition) is 1. The third-order valence-corrected chi connectivity index (χ3v) is 6.64. The highest BCUT2D eigenvalue weighted by atomic mass is 35.5. The molecule has 2 aromatic rings. The minimum absolute atomic E-state index is 0.168. The Morgan fingerprint density at radius 2 is 2.08 bits per heavy atom. The molecule has 1 N–H and O–H groups in total. The summed E-state index contributed by atoms with van der Waals surface area (Å²) < 4.78 is 0. The zero-order valence-electron chi connectivity index (χ0n) is 13.7. The highest BCUT2D eigenvalue weighted by Crippen LogP contribution is 2.49. The monoisotopic (exact) mass is 360 g/mol. The van der Waals surface area contributed by atoms with Crippen molar-refractivity contribution in [3.63, 3.8) is 0 Å². The van der Waals surface area contributed by atoms with Gasteiger partial charge in [-0.25, -0.2) is 0 Å². The number of likely N-dealkylation sites (tertiary alicyclic amines) is 1. The van der Waals surface area contributed by atoms with Crippen molar-refractivity contribution in [1.82, 2.24) is 9.88 Å². The number of piperidine rings is 1. The van der Waals surface area contributed by atoms with E-state index in [0.29, 0.717) is 5.02 Å². The molecule has 1 saturated heterocycles. The molecule has 1 atom stereocenters. The Bertz CT molecular complexity index is 761. The number of aromatic nitrogens is 1. The van der Waals surface area contributed by atoms with E-state index >= 15 is 0 Å². The van der Waals surface area contributed by atoms with E-state index in [2.05, 4.69) is 23.0 Å². The van der Waals surface area contributed by atoms with Crippen molar-refractivity contribution in [3.8, 4) is 0 Å². The van der Waals surface area contributed by atoms with Crippen LogP contribution in [0.2, 0.25) is 5.02 Å². The van der Waals surface area contributed by atoms with Crippen LogP contribution in [0.3, 0.4) is 0 Å². The largest absolute Gasteiger partial charge is 0.378 e. The summed E-state index contributed by atoms with van der Waals surface area (Å²) in [6.45, 7) is 2.01. The maximum atomic E-state index is 12.0. The maximum absolute atomic E-state index is 12.0. The molecule has 0 amide bonds. The zero-order chi connectivity index (χ0) is 16.7. The van der Waals surface area contributed by atoms with E-state index < -0.39 is 5.60 Å². The maximum Gasteiger partial charge on any atom is 0.136 e. The lowest BCUT2D eigenvalue weighted by atomic mass is 9.73. The molecule has 3 nitrogen and oxygen atoms in total. The lowest BCUT2D eigenvalue weighted by molar-refractivity contribution is -0.0166. The number of aliphatic hydroxyl groups is 1. The van der Waals surface area contributed by atoms with Crippen molar-refractivity contribution >= 4 is 23.4 Å². The molecule has 0 bridgehead atoms. The van der Waals surface area contributed by atoms with E-state index in [-0.39, 0.29) is 5.92 Å². The first-order valence-electron chi connectivity index (χ1n) is 8.37. The Hall–Kier alpha value is -1.07. The van der Waals surface area contributed by atoms with Gasteiger partial charge in [0.15, 0.2) is 0 Å². The Balaban J connectivity index is 1.90. The molecule has 0 radical (unpaired) electrons. The van der Waals surface area contributed by atoms with Gasteiger partial charge in [-0.3, -0.25) is 4.98 Å². The number of halogens is 1. The van der Waals surface area contributed by atoms with E-state index in [4.69, 9.17) is 11.6 Å². The van der Waals surface area contributed by atoms with Gasteiger partial charge < -0.3 is 10.0 Å². The lowest BCUT2D eigenvalue weighted by Gasteiger charge is -2.41. The van der Waals surface area contributed by atoms with Crippen LogP contribution in [0.5, 0.6) is 0 Å². The highest BCUT2D eigenvalue weighted by molar-refractivity contribution is 7.98. The molecular formula is C19H21ClN2OS. The second-order valence-electron chi connectivity index (χ2n) is 6.78. The topological polar surface area (TPSA) is 36.4 Å². The summed E-state index contributed by atoms with van der Waals surface area (Å²) >= 11 is 7.96. The van der Waals surface area contributed by atoms with Crippen LogP contribution >= 0.6 is 23.4 Å². The number of pyridine rings is 1. The molecule has 1 fully saturated rings. The molecule has 1 unspecified atom stereocenters. The van der Waals surface area contributed by atoms with E-state index in [0.717, 1.165) is 53.4 Å². The van der Waals surface area contributed by atoms with Crippen LogP contribution < -0.4 is 0 Å². The molecule has 126 valence electrons. The quantitative estimate of drug-likeness (QED) is 0.836. The zero-order valence-corrected chi connectivity index (χ0v) is 15.3. The van der Waals surface area contributed by atoms with Gasteiger partial charge in [0.25, 0.3) is 0 Å². The summed E-state index contributed by atoms with van der Waals surface area (Å²) in [7, 11) is 2.14. The van der Waals surface area contributed by atoms with Gasteiger partial charge in [-0.05, 0) is 56.7 Å². The molecule has 24 heavy (non-hydrogen) atoms. The number of fused-ring (bicyclic) bond motifs is 2. The SMILES string of the molecule is CN1CCC(C2(O)c3ccc(Cl)cc3SCc3cccnc32)CC1. The normalized spacial score (nSPS) is 25.0. The van der Waals surface area contributed by atoms with Crippen LogP contribution in [0.25, 0.3) is 0 Å². The predicted octanol–water partition coefficient (Wildman–Crippen LogP) is 3.92.